The van der Waals surface area contributed by atoms with Crippen LogP contribution in [0.4, 0.5) is 5.82 Å². The average molecular weight is 426 g/mol. The van der Waals surface area contributed by atoms with Crippen molar-refractivity contribution in [1.82, 2.24) is 25.1 Å². The predicted octanol–water partition coefficient (Wildman–Crippen LogP) is 3.66. The van der Waals surface area contributed by atoms with E-state index in [-0.39, 0.29) is 23.4 Å². The first-order valence-electron chi connectivity index (χ1n) is 9.99. The Morgan fingerprint density at radius 1 is 1.03 bits per heavy atom. The summed E-state index contributed by atoms with van der Waals surface area (Å²) in [5.74, 6) is 0.669. The van der Waals surface area contributed by atoms with Gasteiger partial charge in [-0.15, -0.1) is 10.2 Å². The number of benzene rings is 1. The molecule has 3 heterocycles. The van der Waals surface area contributed by atoms with E-state index in [9.17, 15) is 5.26 Å². The van der Waals surface area contributed by atoms with Crippen LogP contribution in [0.2, 0.25) is 0 Å². The van der Waals surface area contributed by atoms with Crippen molar-refractivity contribution in [3.8, 4) is 40.4 Å². The Hall–Kier alpha value is -4.16. The molecule has 9 heteroatoms. The van der Waals surface area contributed by atoms with E-state index < -0.39 is 5.41 Å². The Bertz CT molecular complexity index is 1300. The quantitative estimate of drug-likeness (QED) is 0.486. The van der Waals surface area contributed by atoms with E-state index in [1.165, 1.54) is 0 Å². The highest BCUT2D eigenvalue weighted by Crippen LogP contribution is 2.29. The van der Waals surface area contributed by atoms with Crippen LogP contribution in [0.1, 0.15) is 38.1 Å². The van der Waals surface area contributed by atoms with E-state index in [0.29, 0.717) is 17.3 Å². The summed E-state index contributed by atoms with van der Waals surface area (Å²) in [4.78, 5) is 13.2. The van der Waals surface area contributed by atoms with Gasteiger partial charge in [-0.3, -0.25) is 4.98 Å². The van der Waals surface area contributed by atoms with E-state index in [0.717, 1.165) is 16.7 Å². The average Bonchev–Trinajstić information content (AvgIpc) is 3.29. The third-order valence-corrected chi connectivity index (χ3v) is 5.09. The lowest BCUT2D eigenvalue weighted by molar-refractivity contribution is 0.582. The van der Waals surface area contributed by atoms with Gasteiger partial charge in [0, 0.05) is 23.4 Å². The maximum atomic E-state index is 9.41. The highest BCUT2D eigenvalue weighted by atomic mass is 16.4. The van der Waals surface area contributed by atoms with Gasteiger partial charge in [0.15, 0.2) is 11.5 Å². The topological polar surface area (TPSA) is 153 Å². The summed E-state index contributed by atoms with van der Waals surface area (Å²) in [6.07, 6.45) is 3.19. The molecule has 0 fully saturated rings. The van der Waals surface area contributed by atoms with Gasteiger partial charge in [-0.25, -0.2) is 9.97 Å². The zero-order valence-electron chi connectivity index (χ0n) is 17.9. The van der Waals surface area contributed by atoms with E-state index >= 15 is 0 Å². The van der Waals surface area contributed by atoms with E-state index in [1.807, 2.05) is 37.3 Å². The molecule has 9 nitrogen and oxygen atoms in total. The first kappa shape index (κ1) is 21.1. The fraction of sp³-hybridized carbons (Fsp3) is 0.217. The number of nitrogens with zero attached hydrogens (tertiary/aromatic N) is 6. The van der Waals surface area contributed by atoms with Crippen molar-refractivity contribution in [2.24, 2.45) is 5.73 Å². The fourth-order valence-corrected chi connectivity index (χ4v) is 3.05. The van der Waals surface area contributed by atoms with Gasteiger partial charge in [0.1, 0.15) is 0 Å². The van der Waals surface area contributed by atoms with Crippen LogP contribution in [0, 0.1) is 11.3 Å². The molecule has 1 aromatic carbocycles. The minimum absolute atomic E-state index is 0.0625. The van der Waals surface area contributed by atoms with Gasteiger partial charge >= 0.3 is 0 Å². The first-order chi connectivity index (χ1) is 15.3. The minimum Gasteiger partial charge on any atom is -0.414 e. The second-order valence-electron chi connectivity index (χ2n) is 7.98. The summed E-state index contributed by atoms with van der Waals surface area (Å²) in [5, 5.41) is 17.6. The summed E-state index contributed by atoms with van der Waals surface area (Å²) >= 11 is 0. The van der Waals surface area contributed by atoms with Crippen LogP contribution in [0.3, 0.4) is 0 Å². The third kappa shape index (κ3) is 4.04. The molecular weight excluding hydrogens is 404 g/mol. The molecule has 1 atom stereocenters. The summed E-state index contributed by atoms with van der Waals surface area (Å²) in [6, 6.07) is 13.4. The van der Waals surface area contributed by atoms with E-state index in [2.05, 4.69) is 31.2 Å². The molecule has 1 unspecified atom stereocenters. The molecule has 0 spiro atoms. The molecular formula is C23H22N8O. The van der Waals surface area contributed by atoms with Crippen LogP contribution in [0.15, 0.2) is 53.2 Å². The van der Waals surface area contributed by atoms with Crippen LogP contribution in [-0.4, -0.2) is 25.1 Å². The van der Waals surface area contributed by atoms with Crippen LogP contribution >= 0.6 is 0 Å². The lowest BCUT2D eigenvalue weighted by Gasteiger charge is -2.15. The van der Waals surface area contributed by atoms with Gasteiger partial charge in [0.05, 0.1) is 29.1 Å². The molecule has 0 aliphatic carbocycles. The highest BCUT2D eigenvalue weighted by molar-refractivity contribution is 5.69. The van der Waals surface area contributed by atoms with Gasteiger partial charge in [-0.05, 0) is 50.6 Å². The summed E-state index contributed by atoms with van der Waals surface area (Å²) in [7, 11) is 0. The van der Waals surface area contributed by atoms with Crippen molar-refractivity contribution >= 4 is 5.82 Å². The van der Waals surface area contributed by atoms with Gasteiger partial charge in [0.25, 0.3) is 5.89 Å². The molecule has 0 radical (unpaired) electrons. The zero-order chi connectivity index (χ0) is 22.9. The van der Waals surface area contributed by atoms with Crippen molar-refractivity contribution in [3.05, 3.63) is 60.0 Å². The van der Waals surface area contributed by atoms with Crippen LogP contribution in [0.25, 0.3) is 34.3 Å². The smallest absolute Gasteiger partial charge is 0.270 e. The van der Waals surface area contributed by atoms with Crippen molar-refractivity contribution < 1.29 is 4.42 Å². The Morgan fingerprint density at radius 2 is 1.75 bits per heavy atom. The molecule has 0 saturated carbocycles. The van der Waals surface area contributed by atoms with E-state index in [1.54, 1.807) is 32.3 Å². The largest absolute Gasteiger partial charge is 0.414 e. The molecule has 4 aromatic rings. The van der Waals surface area contributed by atoms with Crippen LogP contribution in [-0.2, 0) is 5.41 Å². The van der Waals surface area contributed by atoms with Crippen molar-refractivity contribution in [3.63, 3.8) is 0 Å². The molecule has 0 aliphatic rings. The number of aromatic nitrogens is 5. The van der Waals surface area contributed by atoms with Gasteiger partial charge < -0.3 is 15.9 Å². The highest BCUT2D eigenvalue weighted by Gasteiger charge is 2.23. The number of hydrogen-bond acceptors (Lipinski definition) is 9. The molecule has 0 saturated heterocycles. The second-order valence-corrected chi connectivity index (χ2v) is 7.98. The molecule has 0 bridgehead atoms. The second kappa shape index (κ2) is 8.17. The molecule has 0 aliphatic heterocycles. The Labute approximate surface area is 185 Å². The lowest BCUT2D eigenvalue weighted by Crippen LogP contribution is -2.15. The monoisotopic (exact) mass is 426 g/mol. The molecule has 3 aromatic heterocycles. The third-order valence-electron chi connectivity index (χ3n) is 5.09. The van der Waals surface area contributed by atoms with Gasteiger partial charge in [0.2, 0.25) is 5.89 Å². The molecule has 0 amide bonds. The van der Waals surface area contributed by atoms with Crippen molar-refractivity contribution in [2.45, 2.75) is 32.2 Å². The lowest BCUT2D eigenvalue weighted by atomic mass is 9.90. The summed E-state index contributed by atoms with van der Waals surface area (Å²) in [6.45, 7) is 5.53. The van der Waals surface area contributed by atoms with Gasteiger partial charge in [-0.1, -0.05) is 12.1 Å². The number of anilines is 1. The van der Waals surface area contributed by atoms with Crippen molar-refractivity contribution in [1.29, 1.82) is 5.26 Å². The maximum absolute atomic E-state index is 9.41. The predicted molar refractivity (Wildman–Crippen MR) is 120 cm³/mol. The number of nitrogens with two attached hydrogens (primary N) is 2. The fourth-order valence-electron chi connectivity index (χ4n) is 3.05. The first-order valence-corrected chi connectivity index (χ1v) is 9.99. The van der Waals surface area contributed by atoms with Crippen molar-refractivity contribution in [2.75, 3.05) is 5.73 Å². The Morgan fingerprint density at radius 3 is 2.44 bits per heavy atom. The number of hydrogen-bond donors (Lipinski definition) is 2. The van der Waals surface area contributed by atoms with Crippen LogP contribution in [0.5, 0.6) is 0 Å². The Balaban J connectivity index is 1.69. The molecule has 4 N–H and O–H groups in total. The zero-order valence-corrected chi connectivity index (χ0v) is 17.9. The maximum Gasteiger partial charge on any atom is 0.270 e. The number of nitrogen functional groups attached to an aromatic ring is 1. The molecule has 32 heavy (non-hydrogen) atoms. The summed E-state index contributed by atoms with van der Waals surface area (Å²) in [5.41, 5.74) is 15.2. The normalized spacial score (nSPS) is 12.3. The standard InChI is InChI=1S/C23H22N8O/c1-13(25)14-4-6-15(7-5-14)21-30-31-22(32-21)19-20(26)28-11-17(29-19)16-8-9-27-18(10-16)23(2,3)12-24/h4-11,13H,25H2,1-3H3,(H2,26,28). The molecule has 160 valence electrons. The summed E-state index contributed by atoms with van der Waals surface area (Å²) < 4.78 is 5.83. The number of nitriles is 1. The minimum atomic E-state index is -0.737. The number of pyridine rings is 1. The SMILES string of the molecule is CC(N)c1ccc(-c2nnc(-c3nc(-c4ccnc(C(C)(C)C#N)c4)cnc3N)o2)cc1. The van der Waals surface area contributed by atoms with Gasteiger partial charge in [-0.2, -0.15) is 5.26 Å². The van der Waals surface area contributed by atoms with Crippen LogP contribution < -0.4 is 11.5 Å². The van der Waals surface area contributed by atoms with E-state index in [4.69, 9.17) is 15.9 Å². The number of rotatable bonds is 5. The Kier molecular flexibility index (Phi) is 5.38. The molecule has 4 rings (SSSR count).